The molecule has 0 radical (unpaired) electrons. The smallest absolute Gasteiger partial charge is 0.211 e. The first-order valence-electron chi connectivity index (χ1n) is 5.42. The molecule has 0 aromatic heterocycles. The molecule has 0 N–H and O–H groups in total. The number of rotatable bonds is 3. The SMILES string of the molecule is CN(CC(=O)[O-])C1=C(Cl)C(=O)c2ccccc2C1=O. The lowest BCUT2D eigenvalue weighted by molar-refractivity contribution is -0.305. The van der Waals surface area contributed by atoms with Crippen LogP contribution in [0.15, 0.2) is 35.0 Å². The molecule has 98 valence electrons. The number of halogens is 1. The van der Waals surface area contributed by atoms with Crippen LogP contribution in [-0.2, 0) is 4.79 Å². The lowest BCUT2D eigenvalue weighted by atomic mass is 9.92. The summed E-state index contributed by atoms with van der Waals surface area (Å²) in [5.41, 5.74) is 0.328. The molecule has 0 unspecified atom stereocenters. The van der Waals surface area contributed by atoms with E-state index in [1.165, 1.54) is 19.2 Å². The van der Waals surface area contributed by atoms with Crippen LogP contribution in [0.1, 0.15) is 20.7 Å². The lowest BCUT2D eigenvalue weighted by Crippen LogP contribution is -2.39. The number of Topliss-reactive ketones (excluding diaryl/α,β-unsaturated/α-hetero) is 2. The van der Waals surface area contributed by atoms with Gasteiger partial charge in [0.1, 0.15) is 10.7 Å². The second-order valence-corrected chi connectivity index (χ2v) is 4.47. The summed E-state index contributed by atoms with van der Waals surface area (Å²) < 4.78 is 0. The van der Waals surface area contributed by atoms with Gasteiger partial charge in [-0.15, -0.1) is 0 Å². The number of aliphatic carboxylic acids is 1. The Bertz CT molecular complexity index is 621. The molecule has 19 heavy (non-hydrogen) atoms. The van der Waals surface area contributed by atoms with Gasteiger partial charge < -0.3 is 14.8 Å². The van der Waals surface area contributed by atoms with Gasteiger partial charge in [-0.2, -0.15) is 0 Å². The van der Waals surface area contributed by atoms with Gasteiger partial charge in [-0.3, -0.25) is 9.59 Å². The molecule has 0 fully saturated rings. The van der Waals surface area contributed by atoms with E-state index in [4.69, 9.17) is 11.6 Å². The molecule has 6 heteroatoms. The Kier molecular flexibility index (Phi) is 3.40. The van der Waals surface area contributed by atoms with E-state index in [2.05, 4.69) is 0 Å². The van der Waals surface area contributed by atoms with Gasteiger partial charge in [-0.25, -0.2) is 0 Å². The first-order chi connectivity index (χ1) is 8.93. The predicted octanol–water partition coefficient (Wildman–Crippen LogP) is 0.198. The largest absolute Gasteiger partial charge is 0.548 e. The van der Waals surface area contributed by atoms with Crippen LogP contribution >= 0.6 is 11.6 Å². The molecule has 0 bridgehead atoms. The molecule has 0 aliphatic heterocycles. The van der Waals surface area contributed by atoms with Crippen molar-refractivity contribution >= 4 is 29.1 Å². The maximum absolute atomic E-state index is 12.2. The van der Waals surface area contributed by atoms with E-state index in [0.717, 1.165) is 4.90 Å². The van der Waals surface area contributed by atoms with Gasteiger partial charge >= 0.3 is 0 Å². The zero-order valence-corrected chi connectivity index (χ0v) is 10.7. The number of hydrogen-bond acceptors (Lipinski definition) is 5. The minimum Gasteiger partial charge on any atom is -0.548 e. The van der Waals surface area contributed by atoms with Gasteiger partial charge in [0.15, 0.2) is 0 Å². The number of carbonyl (C=O) groups is 3. The normalized spacial score (nSPS) is 14.4. The van der Waals surface area contributed by atoms with Crippen molar-refractivity contribution in [2.75, 3.05) is 13.6 Å². The fourth-order valence-electron chi connectivity index (χ4n) is 1.95. The van der Waals surface area contributed by atoms with Crippen LogP contribution in [0.25, 0.3) is 0 Å². The molecule has 2 rings (SSSR count). The highest BCUT2D eigenvalue weighted by Crippen LogP contribution is 2.29. The van der Waals surface area contributed by atoms with Crippen molar-refractivity contribution in [2.45, 2.75) is 0 Å². The summed E-state index contributed by atoms with van der Waals surface area (Å²) >= 11 is 5.89. The average Bonchev–Trinajstić information content (AvgIpc) is 2.35. The topological polar surface area (TPSA) is 77.5 Å². The third-order valence-electron chi connectivity index (χ3n) is 2.79. The second-order valence-electron chi connectivity index (χ2n) is 4.09. The Balaban J connectivity index is 2.51. The number of carboxylic acid groups (broad SMARTS) is 1. The average molecular weight is 279 g/mol. The first-order valence-corrected chi connectivity index (χ1v) is 5.80. The number of hydrogen-bond donors (Lipinski definition) is 0. The number of benzene rings is 1. The summed E-state index contributed by atoms with van der Waals surface area (Å²) in [6.45, 7) is -0.521. The molecule has 0 atom stereocenters. The Morgan fingerprint density at radius 1 is 1.21 bits per heavy atom. The van der Waals surface area contributed by atoms with Crippen LogP contribution < -0.4 is 5.11 Å². The first kappa shape index (κ1) is 13.3. The molecular formula is C13H9ClNO4-. The molecule has 1 aliphatic rings. The number of carboxylic acids is 1. The number of fused-ring (bicyclic) bond motifs is 1. The van der Waals surface area contributed by atoms with E-state index in [1.807, 2.05) is 0 Å². The van der Waals surface area contributed by atoms with E-state index in [9.17, 15) is 19.5 Å². The van der Waals surface area contributed by atoms with Crippen LogP contribution in [0, 0.1) is 0 Å². The third kappa shape index (κ3) is 2.24. The minimum absolute atomic E-state index is 0.116. The van der Waals surface area contributed by atoms with E-state index >= 15 is 0 Å². The molecule has 1 aromatic carbocycles. The van der Waals surface area contributed by atoms with Gasteiger partial charge in [0.2, 0.25) is 11.6 Å². The van der Waals surface area contributed by atoms with Gasteiger partial charge in [0, 0.05) is 18.2 Å². The number of likely N-dealkylation sites (N-methyl/N-ethyl adjacent to an activating group) is 1. The summed E-state index contributed by atoms with van der Waals surface area (Å²) in [6, 6.07) is 6.27. The fourth-order valence-corrected chi connectivity index (χ4v) is 2.28. The Hall–Kier alpha value is -2.14. The summed E-state index contributed by atoms with van der Waals surface area (Å²) in [7, 11) is 1.37. The zero-order chi connectivity index (χ0) is 14.2. The number of allylic oxidation sites excluding steroid dienone is 2. The highest BCUT2D eigenvalue weighted by Gasteiger charge is 2.32. The highest BCUT2D eigenvalue weighted by molar-refractivity contribution is 6.49. The van der Waals surface area contributed by atoms with Crippen molar-refractivity contribution in [1.29, 1.82) is 0 Å². The molecule has 0 amide bonds. The van der Waals surface area contributed by atoms with E-state index in [-0.39, 0.29) is 21.9 Å². The molecule has 0 saturated heterocycles. The second kappa shape index (κ2) is 4.85. The van der Waals surface area contributed by atoms with Gasteiger partial charge in [-0.05, 0) is 0 Å². The van der Waals surface area contributed by atoms with Gasteiger partial charge in [0.05, 0.1) is 12.5 Å². The van der Waals surface area contributed by atoms with E-state index in [1.54, 1.807) is 12.1 Å². The predicted molar refractivity (Wildman–Crippen MR) is 65.6 cm³/mol. The van der Waals surface area contributed by atoms with Crippen molar-refractivity contribution in [2.24, 2.45) is 0 Å². The van der Waals surface area contributed by atoms with E-state index in [0.29, 0.717) is 0 Å². The van der Waals surface area contributed by atoms with Crippen LogP contribution in [0.2, 0.25) is 0 Å². The molecule has 0 spiro atoms. The fraction of sp³-hybridized carbons (Fsp3) is 0.154. The van der Waals surface area contributed by atoms with E-state index < -0.39 is 24.1 Å². The number of carbonyl (C=O) groups excluding carboxylic acids is 3. The van der Waals surface area contributed by atoms with Crippen LogP contribution in [-0.4, -0.2) is 36.0 Å². The summed E-state index contributed by atoms with van der Waals surface area (Å²) in [4.78, 5) is 36.0. The number of nitrogens with zero attached hydrogens (tertiary/aromatic N) is 1. The van der Waals surface area contributed by atoms with Crippen molar-refractivity contribution in [3.8, 4) is 0 Å². The van der Waals surface area contributed by atoms with Gasteiger partial charge in [-0.1, -0.05) is 35.9 Å². The summed E-state index contributed by atoms with van der Waals surface area (Å²) in [5.74, 6) is -2.32. The van der Waals surface area contributed by atoms with Crippen LogP contribution in [0.4, 0.5) is 0 Å². The zero-order valence-electron chi connectivity index (χ0n) is 9.97. The van der Waals surface area contributed by atoms with Crippen molar-refractivity contribution in [3.05, 3.63) is 46.1 Å². The summed E-state index contributed by atoms with van der Waals surface area (Å²) in [5, 5.41) is 10.3. The lowest BCUT2D eigenvalue weighted by Gasteiger charge is -2.26. The maximum Gasteiger partial charge on any atom is 0.211 e. The third-order valence-corrected chi connectivity index (χ3v) is 3.14. The Morgan fingerprint density at radius 2 is 1.74 bits per heavy atom. The summed E-state index contributed by atoms with van der Waals surface area (Å²) in [6.07, 6.45) is 0. The monoisotopic (exact) mass is 278 g/mol. The molecular weight excluding hydrogens is 270 g/mol. The Labute approximate surface area is 114 Å². The quantitative estimate of drug-likeness (QED) is 0.789. The molecule has 0 heterocycles. The molecule has 0 saturated carbocycles. The van der Waals surface area contributed by atoms with Crippen molar-refractivity contribution < 1.29 is 19.5 Å². The standard InChI is InChI=1S/C13H10ClNO4/c1-15(6-9(16)17)11-10(14)12(18)7-4-2-3-5-8(7)13(11)19/h2-5H,6H2,1H3,(H,16,17)/p-1. The molecule has 1 aromatic rings. The highest BCUT2D eigenvalue weighted by atomic mass is 35.5. The Morgan fingerprint density at radius 3 is 2.26 bits per heavy atom. The molecule has 5 nitrogen and oxygen atoms in total. The van der Waals surface area contributed by atoms with Crippen LogP contribution in [0.5, 0.6) is 0 Å². The van der Waals surface area contributed by atoms with Gasteiger partial charge in [0.25, 0.3) is 0 Å². The van der Waals surface area contributed by atoms with Crippen molar-refractivity contribution in [3.63, 3.8) is 0 Å². The maximum atomic E-state index is 12.2. The number of ketones is 2. The molecule has 1 aliphatic carbocycles. The van der Waals surface area contributed by atoms with Crippen LogP contribution in [0.3, 0.4) is 0 Å². The van der Waals surface area contributed by atoms with Crippen molar-refractivity contribution in [1.82, 2.24) is 4.90 Å². The minimum atomic E-state index is -1.36.